The van der Waals surface area contributed by atoms with E-state index in [1.165, 1.54) is 0 Å². The van der Waals surface area contributed by atoms with Crippen molar-refractivity contribution in [2.24, 2.45) is 0 Å². The zero-order chi connectivity index (χ0) is 18.4. The maximum absolute atomic E-state index is 12.5. The molecule has 0 spiro atoms. The van der Waals surface area contributed by atoms with Crippen molar-refractivity contribution >= 4 is 17.6 Å². The highest BCUT2D eigenvalue weighted by Gasteiger charge is 2.24. The highest BCUT2D eigenvalue weighted by atomic mass is 16.5. The third-order valence-corrected chi connectivity index (χ3v) is 4.49. The standard InChI is InChI=1S/C20H23N3O3/c1-26-18-10-6-5-9-17(18)19(24)21-16-11-13-23(14-12-16)20(25)22-15-7-3-2-4-8-15/h2-10,16H,11-14H2,1H3,(H,21,24)(H,22,25). The van der Waals surface area contributed by atoms with Crippen LogP contribution in [0.1, 0.15) is 23.2 Å². The van der Waals surface area contributed by atoms with Gasteiger partial charge in [-0.3, -0.25) is 4.79 Å². The predicted octanol–water partition coefficient (Wildman–Crippen LogP) is 3.12. The number of hydrogen-bond donors (Lipinski definition) is 2. The number of rotatable bonds is 4. The summed E-state index contributed by atoms with van der Waals surface area (Å²) in [6.45, 7) is 1.21. The normalized spacial score (nSPS) is 14.6. The molecule has 6 heteroatoms. The Morgan fingerprint density at radius 3 is 2.35 bits per heavy atom. The second-order valence-corrected chi connectivity index (χ2v) is 6.23. The van der Waals surface area contributed by atoms with Gasteiger partial charge < -0.3 is 20.3 Å². The number of hydrogen-bond acceptors (Lipinski definition) is 3. The highest BCUT2D eigenvalue weighted by Crippen LogP contribution is 2.19. The second-order valence-electron chi connectivity index (χ2n) is 6.23. The molecular weight excluding hydrogens is 330 g/mol. The minimum Gasteiger partial charge on any atom is -0.496 e. The van der Waals surface area contributed by atoms with E-state index in [-0.39, 0.29) is 18.0 Å². The number of piperidine rings is 1. The monoisotopic (exact) mass is 353 g/mol. The van der Waals surface area contributed by atoms with E-state index < -0.39 is 0 Å². The first-order chi connectivity index (χ1) is 12.7. The van der Waals surface area contributed by atoms with Crippen molar-refractivity contribution in [1.29, 1.82) is 0 Å². The van der Waals surface area contributed by atoms with Gasteiger partial charge >= 0.3 is 6.03 Å². The number of anilines is 1. The second kappa shape index (κ2) is 8.38. The third kappa shape index (κ3) is 4.33. The molecule has 0 unspecified atom stereocenters. The molecular formula is C20H23N3O3. The van der Waals surface area contributed by atoms with Crippen LogP contribution in [0, 0.1) is 0 Å². The van der Waals surface area contributed by atoms with Crippen LogP contribution in [0.25, 0.3) is 0 Å². The van der Waals surface area contributed by atoms with Crippen LogP contribution in [0.15, 0.2) is 54.6 Å². The van der Waals surface area contributed by atoms with Gasteiger partial charge in [0.2, 0.25) is 0 Å². The average Bonchev–Trinajstić information content (AvgIpc) is 2.69. The summed E-state index contributed by atoms with van der Waals surface area (Å²) < 4.78 is 5.24. The molecule has 3 rings (SSSR count). The summed E-state index contributed by atoms with van der Waals surface area (Å²) in [7, 11) is 1.55. The third-order valence-electron chi connectivity index (χ3n) is 4.49. The first-order valence-electron chi connectivity index (χ1n) is 8.72. The van der Waals surface area contributed by atoms with Crippen LogP contribution in [0.2, 0.25) is 0 Å². The number of para-hydroxylation sites is 2. The molecule has 0 saturated carbocycles. The highest BCUT2D eigenvalue weighted by molar-refractivity contribution is 5.97. The minimum absolute atomic E-state index is 0.0492. The molecule has 0 radical (unpaired) electrons. The van der Waals surface area contributed by atoms with Crippen molar-refractivity contribution in [3.05, 3.63) is 60.2 Å². The van der Waals surface area contributed by atoms with Crippen LogP contribution >= 0.6 is 0 Å². The number of carbonyl (C=O) groups is 2. The predicted molar refractivity (Wildman–Crippen MR) is 101 cm³/mol. The molecule has 1 aliphatic rings. The van der Waals surface area contributed by atoms with Gasteiger partial charge in [-0.05, 0) is 37.1 Å². The Bertz CT molecular complexity index is 756. The number of nitrogens with zero attached hydrogens (tertiary/aromatic N) is 1. The van der Waals surface area contributed by atoms with Crippen molar-refractivity contribution in [3.8, 4) is 5.75 Å². The van der Waals surface area contributed by atoms with Gasteiger partial charge in [-0.1, -0.05) is 30.3 Å². The quantitative estimate of drug-likeness (QED) is 0.887. The van der Waals surface area contributed by atoms with Gasteiger partial charge in [0, 0.05) is 24.8 Å². The van der Waals surface area contributed by atoms with E-state index in [1.54, 1.807) is 24.1 Å². The molecule has 2 N–H and O–H groups in total. The van der Waals surface area contributed by atoms with Gasteiger partial charge in [0.15, 0.2) is 0 Å². The molecule has 1 heterocycles. The Hall–Kier alpha value is -3.02. The number of benzene rings is 2. The lowest BCUT2D eigenvalue weighted by Crippen LogP contribution is -2.47. The Kier molecular flexibility index (Phi) is 5.73. The summed E-state index contributed by atoms with van der Waals surface area (Å²) in [4.78, 5) is 26.6. The number of nitrogens with one attached hydrogen (secondary N) is 2. The summed E-state index contributed by atoms with van der Waals surface area (Å²) in [5.74, 6) is 0.416. The summed E-state index contributed by atoms with van der Waals surface area (Å²) in [5, 5.41) is 5.93. The first kappa shape index (κ1) is 17.8. The van der Waals surface area contributed by atoms with Crippen molar-refractivity contribution in [1.82, 2.24) is 10.2 Å². The summed E-state index contributed by atoms with van der Waals surface area (Å²) in [5.41, 5.74) is 1.31. The van der Waals surface area contributed by atoms with E-state index >= 15 is 0 Å². The fourth-order valence-corrected chi connectivity index (χ4v) is 3.05. The molecule has 1 aliphatic heterocycles. The Balaban J connectivity index is 1.50. The van der Waals surface area contributed by atoms with Crippen molar-refractivity contribution < 1.29 is 14.3 Å². The topological polar surface area (TPSA) is 70.7 Å². The molecule has 0 bridgehead atoms. The smallest absolute Gasteiger partial charge is 0.321 e. The number of likely N-dealkylation sites (tertiary alicyclic amines) is 1. The lowest BCUT2D eigenvalue weighted by Gasteiger charge is -2.32. The zero-order valence-corrected chi connectivity index (χ0v) is 14.8. The fraction of sp³-hybridized carbons (Fsp3) is 0.300. The molecule has 6 nitrogen and oxygen atoms in total. The molecule has 136 valence electrons. The molecule has 0 atom stereocenters. The van der Waals surface area contributed by atoms with E-state index in [1.807, 2.05) is 42.5 Å². The van der Waals surface area contributed by atoms with E-state index in [2.05, 4.69) is 10.6 Å². The van der Waals surface area contributed by atoms with Gasteiger partial charge in [-0.2, -0.15) is 0 Å². The first-order valence-corrected chi connectivity index (χ1v) is 8.72. The van der Waals surface area contributed by atoms with Crippen LogP contribution in [-0.4, -0.2) is 43.1 Å². The summed E-state index contributed by atoms with van der Waals surface area (Å²) in [6.07, 6.45) is 1.45. The van der Waals surface area contributed by atoms with Gasteiger partial charge in [0.1, 0.15) is 5.75 Å². The number of ether oxygens (including phenoxy) is 1. The number of urea groups is 1. The largest absolute Gasteiger partial charge is 0.496 e. The van der Waals surface area contributed by atoms with E-state index in [4.69, 9.17) is 4.74 Å². The Morgan fingerprint density at radius 1 is 1.00 bits per heavy atom. The van der Waals surface area contributed by atoms with Gasteiger partial charge in [-0.15, -0.1) is 0 Å². The minimum atomic E-state index is -0.144. The number of carbonyl (C=O) groups excluding carboxylic acids is 2. The maximum atomic E-state index is 12.5. The van der Waals surface area contributed by atoms with Crippen molar-refractivity contribution in [2.45, 2.75) is 18.9 Å². The van der Waals surface area contributed by atoms with Crippen molar-refractivity contribution in [3.63, 3.8) is 0 Å². The average molecular weight is 353 g/mol. The van der Waals surface area contributed by atoms with E-state index in [9.17, 15) is 9.59 Å². The van der Waals surface area contributed by atoms with Gasteiger partial charge in [-0.25, -0.2) is 4.79 Å². The summed E-state index contributed by atoms with van der Waals surface area (Å²) >= 11 is 0. The molecule has 0 aliphatic carbocycles. The van der Waals surface area contributed by atoms with Crippen LogP contribution in [-0.2, 0) is 0 Å². The Labute approximate surface area is 153 Å². The van der Waals surface area contributed by atoms with Crippen LogP contribution in [0.4, 0.5) is 10.5 Å². The van der Waals surface area contributed by atoms with E-state index in [0.717, 1.165) is 18.5 Å². The van der Waals surface area contributed by atoms with Crippen molar-refractivity contribution in [2.75, 3.05) is 25.5 Å². The molecule has 26 heavy (non-hydrogen) atoms. The van der Waals surface area contributed by atoms with Crippen LogP contribution in [0.5, 0.6) is 5.75 Å². The number of methoxy groups -OCH3 is 1. The molecule has 1 fully saturated rings. The molecule has 2 aromatic rings. The van der Waals surface area contributed by atoms with Crippen LogP contribution < -0.4 is 15.4 Å². The molecule has 0 aromatic heterocycles. The lowest BCUT2D eigenvalue weighted by atomic mass is 10.0. The molecule has 2 aromatic carbocycles. The SMILES string of the molecule is COc1ccccc1C(=O)NC1CCN(C(=O)Nc2ccccc2)CC1. The zero-order valence-electron chi connectivity index (χ0n) is 14.8. The van der Waals surface area contributed by atoms with Crippen LogP contribution in [0.3, 0.4) is 0 Å². The summed E-state index contributed by atoms with van der Waals surface area (Å²) in [6, 6.07) is 16.5. The van der Waals surface area contributed by atoms with E-state index in [0.29, 0.717) is 24.4 Å². The Morgan fingerprint density at radius 2 is 1.65 bits per heavy atom. The van der Waals surface area contributed by atoms with Gasteiger partial charge in [0.05, 0.1) is 12.7 Å². The number of amides is 3. The molecule has 3 amide bonds. The lowest BCUT2D eigenvalue weighted by molar-refractivity contribution is 0.0916. The van der Waals surface area contributed by atoms with Gasteiger partial charge in [0.25, 0.3) is 5.91 Å². The maximum Gasteiger partial charge on any atom is 0.321 e. The molecule has 1 saturated heterocycles. The fourth-order valence-electron chi connectivity index (χ4n) is 3.05.